The monoisotopic (exact) mass is 317 g/mol. The number of alkyl halides is 5. The van der Waals surface area contributed by atoms with E-state index >= 15 is 0 Å². The molecule has 21 heavy (non-hydrogen) atoms. The van der Waals surface area contributed by atoms with Crippen LogP contribution in [0.2, 0.25) is 0 Å². The van der Waals surface area contributed by atoms with E-state index in [9.17, 15) is 36.6 Å². The maximum absolute atomic E-state index is 12.8. The van der Waals surface area contributed by atoms with E-state index in [0.717, 1.165) is 0 Å². The molecular weight excluding hydrogens is 309 g/mol. The van der Waals surface area contributed by atoms with Gasteiger partial charge in [0.25, 0.3) is 6.43 Å². The number of carbonyl (C=O) groups is 2. The van der Waals surface area contributed by atoms with Crippen molar-refractivity contribution in [3.63, 3.8) is 0 Å². The fourth-order valence-corrected chi connectivity index (χ4v) is 1.79. The van der Waals surface area contributed by atoms with E-state index in [-0.39, 0.29) is 0 Å². The van der Waals surface area contributed by atoms with Crippen LogP contribution in [0.3, 0.4) is 0 Å². The third kappa shape index (κ3) is 2.60. The number of carboxylic acids is 2. The molecule has 0 aliphatic carbocycles. The fourth-order valence-electron chi connectivity index (χ4n) is 1.79. The first kappa shape index (κ1) is 17.0. The molecule has 0 radical (unpaired) electrons. The van der Waals surface area contributed by atoms with Gasteiger partial charge in [-0.3, -0.25) is 4.79 Å². The van der Waals surface area contributed by atoms with Crippen LogP contribution in [0.1, 0.15) is 6.92 Å². The van der Waals surface area contributed by atoms with Crippen LogP contribution in [0.5, 0.6) is 0 Å². The molecule has 0 aromatic carbocycles. The number of aliphatic carboxylic acids is 2. The lowest BCUT2D eigenvalue weighted by Crippen LogP contribution is -2.54. The molecule has 118 valence electrons. The second kappa shape index (κ2) is 5.06. The second-order valence-electron chi connectivity index (χ2n) is 4.27. The number of aliphatic imine (C=N–C) groups is 1. The Kier molecular flexibility index (Phi) is 4.10. The van der Waals surface area contributed by atoms with Crippen molar-refractivity contribution in [1.29, 1.82) is 0 Å². The molecule has 0 aromatic rings. The Morgan fingerprint density at radius 1 is 1.29 bits per heavy atom. The van der Waals surface area contributed by atoms with Gasteiger partial charge in [0.1, 0.15) is 17.2 Å². The number of rotatable bonds is 3. The molecule has 0 saturated carbocycles. The zero-order valence-electron chi connectivity index (χ0n) is 10.1. The molecule has 1 rings (SSSR count). The van der Waals surface area contributed by atoms with Crippen molar-refractivity contribution in [3.05, 3.63) is 11.3 Å². The third-order valence-corrected chi connectivity index (χ3v) is 2.99. The summed E-state index contributed by atoms with van der Waals surface area (Å²) in [4.78, 5) is 24.4. The highest BCUT2D eigenvalue weighted by molar-refractivity contribution is 6.11. The van der Waals surface area contributed by atoms with Gasteiger partial charge in [-0.1, -0.05) is 0 Å². The molecule has 0 saturated heterocycles. The first-order chi connectivity index (χ1) is 9.35. The second-order valence-corrected chi connectivity index (χ2v) is 4.27. The molecule has 1 aliphatic heterocycles. The highest BCUT2D eigenvalue weighted by Gasteiger charge is 2.57. The Hall–Kier alpha value is -2.04. The molecule has 2 unspecified atom stereocenters. The van der Waals surface area contributed by atoms with Gasteiger partial charge in [-0.2, -0.15) is 13.2 Å². The van der Waals surface area contributed by atoms with Crippen LogP contribution >= 0.6 is 0 Å². The van der Waals surface area contributed by atoms with Crippen LogP contribution in [-0.4, -0.2) is 51.7 Å². The van der Waals surface area contributed by atoms with E-state index in [1.165, 1.54) is 0 Å². The first-order valence-electron chi connectivity index (χ1n) is 5.18. The van der Waals surface area contributed by atoms with Gasteiger partial charge in [0.05, 0.1) is 5.57 Å². The fraction of sp³-hybridized carbons (Fsp3) is 0.500. The predicted octanol–water partition coefficient (Wildman–Crippen LogP) is 1.06. The van der Waals surface area contributed by atoms with Gasteiger partial charge in [0.2, 0.25) is 0 Å². The van der Waals surface area contributed by atoms with Gasteiger partial charge in [0, 0.05) is 0 Å². The van der Waals surface area contributed by atoms with Gasteiger partial charge in [-0.15, -0.1) is 0 Å². The van der Waals surface area contributed by atoms with Gasteiger partial charge in [-0.05, 0) is 6.92 Å². The topological polar surface area (TPSA) is 107 Å². The highest BCUT2D eigenvalue weighted by Crippen LogP contribution is 2.42. The summed E-state index contributed by atoms with van der Waals surface area (Å²) in [6, 6.07) is 0. The Labute approximate surface area is 113 Å². The van der Waals surface area contributed by atoms with E-state index in [1.807, 2.05) is 0 Å². The summed E-state index contributed by atoms with van der Waals surface area (Å²) in [7, 11) is 0. The largest absolute Gasteiger partial charge is 0.480 e. The van der Waals surface area contributed by atoms with E-state index in [4.69, 9.17) is 10.2 Å². The number of hydrogen-bond acceptors (Lipinski definition) is 4. The van der Waals surface area contributed by atoms with E-state index in [2.05, 4.69) is 4.99 Å². The molecule has 3 N–H and O–H groups in total. The van der Waals surface area contributed by atoms with Gasteiger partial charge >= 0.3 is 18.1 Å². The lowest BCUT2D eigenvalue weighted by molar-refractivity contribution is -0.150. The molecule has 0 fully saturated rings. The summed E-state index contributed by atoms with van der Waals surface area (Å²) in [6.45, 7) is 0.473. The summed E-state index contributed by atoms with van der Waals surface area (Å²) in [6.07, 6.45) is -12.0. The van der Waals surface area contributed by atoms with Crippen molar-refractivity contribution in [2.75, 3.05) is 0 Å². The van der Waals surface area contributed by atoms with Gasteiger partial charge in [-0.25, -0.2) is 18.6 Å². The predicted molar refractivity (Wildman–Crippen MR) is 55.9 cm³/mol. The first-order valence-corrected chi connectivity index (χ1v) is 5.18. The van der Waals surface area contributed by atoms with Crippen LogP contribution in [0.4, 0.5) is 22.0 Å². The molecule has 0 spiro atoms. The minimum absolute atomic E-state index is 0.473. The number of hydrogen-bond donors (Lipinski definition) is 3. The number of carboxylic acid groups (broad SMARTS) is 2. The van der Waals surface area contributed by atoms with Crippen molar-refractivity contribution in [3.8, 4) is 0 Å². The highest BCUT2D eigenvalue weighted by atomic mass is 19.4. The van der Waals surface area contributed by atoms with Crippen molar-refractivity contribution >= 4 is 17.7 Å². The average Bonchev–Trinajstić information content (AvgIpc) is 2.29. The average molecular weight is 317 g/mol. The minimum atomic E-state index is -5.45. The Bertz CT molecular complexity index is 553. The normalized spacial score (nSPS) is 26.9. The SMILES string of the molecule is CC1(C(=O)O)C(C(F)F)=NC(C(F)(F)F)=C(C(=O)O)C1O. The van der Waals surface area contributed by atoms with Crippen molar-refractivity contribution < 1.29 is 46.9 Å². The van der Waals surface area contributed by atoms with E-state index < -0.39 is 53.0 Å². The quantitative estimate of drug-likeness (QED) is 0.675. The zero-order chi connectivity index (χ0) is 16.7. The smallest absolute Gasteiger partial charge is 0.433 e. The summed E-state index contributed by atoms with van der Waals surface area (Å²) in [5.41, 5.74) is -8.80. The number of nitrogens with zero attached hydrogens (tertiary/aromatic N) is 1. The Balaban J connectivity index is 3.75. The maximum Gasteiger partial charge on any atom is 0.433 e. The summed E-state index contributed by atoms with van der Waals surface area (Å²) < 4.78 is 63.6. The molecule has 11 heteroatoms. The Morgan fingerprint density at radius 2 is 1.76 bits per heavy atom. The zero-order valence-corrected chi connectivity index (χ0v) is 10.1. The number of aliphatic hydroxyl groups excluding tert-OH is 1. The van der Waals surface area contributed by atoms with Gasteiger partial charge in [0.15, 0.2) is 5.70 Å². The lowest BCUT2D eigenvalue weighted by Gasteiger charge is -2.35. The van der Waals surface area contributed by atoms with Gasteiger partial charge < -0.3 is 15.3 Å². The van der Waals surface area contributed by atoms with Crippen LogP contribution in [0.15, 0.2) is 16.3 Å². The molecule has 6 nitrogen and oxygen atoms in total. The number of allylic oxidation sites excluding steroid dienone is 1. The van der Waals surface area contributed by atoms with Crippen LogP contribution in [0, 0.1) is 5.41 Å². The summed E-state index contributed by atoms with van der Waals surface area (Å²) in [5, 5.41) is 27.3. The molecule has 2 atom stereocenters. The minimum Gasteiger partial charge on any atom is -0.480 e. The van der Waals surface area contributed by atoms with E-state index in [0.29, 0.717) is 6.92 Å². The van der Waals surface area contributed by atoms with Crippen LogP contribution < -0.4 is 0 Å². The lowest BCUT2D eigenvalue weighted by atomic mass is 9.73. The van der Waals surface area contributed by atoms with Crippen molar-refractivity contribution in [2.45, 2.75) is 25.6 Å². The molecule has 0 bridgehead atoms. The van der Waals surface area contributed by atoms with Crippen molar-refractivity contribution in [1.82, 2.24) is 0 Å². The van der Waals surface area contributed by atoms with Crippen LogP contribution in [-0.2, 0) is 9.59 Å². The van der Waals surface area contributed by atoms with Crippen LogP contribution in [0.25, 0.3) is 0 Å². The summed E-state index contributed by atoms with van der Waals surface area (Å²) in [5.74, 6) is -4.44. The number of halogens is 5. The Morgan fingerprint density at radius 3 is 2.05 bits per heavy atom. The number of aliphatic hydroxyl groups is 1. The summed E-state index contributed by atoms with van der Waals surface area (Å²) >= 11 is 0. The molecule has 0 amide bonds. The maximum atomic E-state index is 12.8. The molecular formula is C10H8F5NO5. The van der Waals surface area contributed by atoms with Crippen molar-refractivity contribution in [2.24, 2.45) is 10.4 Å². The molecule has 1 aliphatic rings. The molecule has 0 aromatic heterocycles. The van der Waals surface area contributed by atoms with E-state index in [1.54, 1.807) is 0 Å². The standard InChI is InChI=1S/C10H8F5NO5/c1-9(8(20)21)4(6(11)12)16-3(10(13,14)15)2(5(9)17)7(18)19/h5-6,17H,1H3,(H,18,19)(H,20,21). The molecule has 1 heterocycles. The third-order valence-electron chi connectivity index (χ3n) is 2.99.